The molecule has 3 nitrogen and oxygen atoms in total. The number of ketones is 1. The lowest BCUT2D eigenvalue weighted by Gasteiger charge is -2.11. The van der Waals surface area contributed by atoms with Gasteiger partial charge in [0, 0.05) is 25.3 Å². The van der Waals surface area contributed by atoms with Crippen molar-refractivity contribution in [1.29, 1.82) is 0 Å². The average Bonchev–Trinajstić information content (AvgIpc) is 2.58. The molecular weight excluding hydrogens is 292 g/mol. The third-order valence-corrected chi connectivity index (χ3v) is 3.32. The van der Waals surface area contributed by atoms with Crippen molar-refractivity contribution in [1.82, 2.24) is 0 Å². The molecule has 0 amide bonds. The van der Waals surface area contributed by atoms with Crippen LogP contribution in [0.1, 0.15) is 15.9 Å². The van der Waals surface area contributed by atoms with Gasteiger partial charge in [-0.1, -0.05) is 18.2 Å². The minimum atomic E-state index is -0.532. The smallest absolute Gasteiger partial charge is 0.185 e. The molecule has 0 unspecified atom stereocenters. The Hall–Kier alpha value is -2.62. The lowest BCUT2D eigenvalue weighted by Crippen LogP contribution is -2.07. The van der Waals surface area contributed by atoms with Gasteiger partial charge >= 0.3 is 0 Å². The van der Waals surface area contributed by atoms with E-state index in [1.54, 1.807) is 36.4 Å². The summed E-state index contributed by atoms with van der Waals surface area (Å²) in [5.74, 6) is 0.473. The number of ether oxygens (including phenoxy) is 1. The third-order valence-electron chi connectivity index (χ3n) is 3.32. The molecule has 0 saturated heterocycles. The minimum absolute atomic E-state index is 0.0239. The predicted octanol–water partition coefficient (Wildman–Crippen LogP) is 4.00. The monoisotopic (exact) mass is 312 g/mol. The molecule has 0 radical (unpaired) electrons. The second-order valence-electron chi connectivity index (χ2n) is 5.25. The molecule has 0 aliphatic carbocycles. The highest BCUT2D eigenvalue weighted by molar-refractivity contribution is 6.06. The number of alkyl halides is 1. The fraction of sp³-hybridized carbons (Fsp3) is 0.211. The number of benzene rings is 2. The van der Waals surface area contributed by atoms with Gasteiger partial charge in [0.15, 0.2) is 5.78 Å². The number of carbonyl (C=O) groups is 1. The first-order valence-corrected chi connectivity index (χ1v) is 7.39. The molecule has 0 fully saturated rings. The highest BCUT2D eigenvalue weighted by atomic mass is 19.1. The molecule has 4 heteroatoms. The van der Waals surface area contributed by atoms with Crippen LogP contribution in [0.3, 0.4) is 0 Å². The quantitative estimate of drug-likeness (QED) is 0.572. The molecule has 0 spiro atoms. The number of carbonyl (C=O) groups excluding carboxylic acids is 1. The van der Waals surface area contributed by atoms with Crippen molar-refractivity contribution in [3.8, 4) is 5.75 Å². The topological polar surface area (TPSA) is 29.5 Å². The highest BCUT2D eigenvalue weighted by Crippen LogP contribution is 2.15. The Labute approximate surface area is 136 Å². The summed E-state index contributed by atoms with van der Waals surface area (Å²) < 4.78 is 17.2. The lowest BCUT2D eigenvalue weighted by atomic mass is 10.1. The van der Waals surface area contributed by atoms with E-state index in [2.05, 4.69) is 0 Å². The van der Waals surface area contributed by atoms with E-state index in [9.17, 15) is 9.18 Å². The Morgan fingerprint density at radius 3 is 2.30 bits per heavy atom. The number of anilines is 1. The van der Waals surface area contributed by atoms with Gasteiger partial charge in [0.25, 0.3) is 0 Å². The van der Waals surface area contributed by atoms with Gasteiger partial charge in [-0.3, -0.25) is 4.79 Å². The van der Waals surface area contributed by atoms with E-state index >= 15 is 0 Å². The van der Waals surface area contributed by atoms with E-state index in [0.717, 1.165) is 11.3 Å². The van der Waals surface area contributed by atoms with Crippen molar-refractivity contribution in [2.75, 3.05) is 32.3 Å². The number of hydrogen-bond acceptors (Lipinski definition) is 3. The highest BCUT2D eigenvalue weighted by Gasteiger charge is 2.02. The summed E-state index contributed by atoms with van der Waals surface area (Å²) in [4.78, 5) is 14.1. The van der Waals surface area contributed by atoms with Gasteiger partial charge in [-0.25, -0.2) is 4.39 Å². The molecule has 0 aromatic heterocycles. The number of allylic oxidation sites excluding steroid dienone is 1. The van der Waals surface area contributed by atoms with Crippen LogP contribution in [0.5, 0.6) is 5.75 Å². The van der Waals surface area contributed by atoms with E-state index < -0.39 is 6.67 Å². The van der Waals surface area contributed by atoms with E-state index in [-0.39, 0.29) is 12.4 Å². The summed E-state index contributed by atoms with van der Waals surface area (Å²) in [6.07, 6.45) is 3.33. The molecule has 2 rings (SSSR count). The van der Waals surface area contributed by atoms with Gasteiger partial charge < -0.3 is 9.64 Å². The fourth-order valence-electron chi connectivity index (χ4n) is 2.02. The van der Waals surface area contributed by atoms with Crippen molar-refractivity contribution < 1.29 is 13.9 Å². The number of rotatable bonds is 7. The summed E-state index contributed by atoms with van der Waals surface area (Å²) in [6.45, 7) is -0.508. The summed E-state index contributed by atoms with van der Waals surface area (Å²) >= 11 is 0. The first kappa shape index (κ1) is 16.7. The molecule has 0 saturated carbocycles. The van der Waals surface area contributed by atoms with E-state index in [0.29, 0.717) is 11.3 Å². The number of nitrogens with zero attached hydrogens (tertiary/aromatic N) is 1. The molecule has 23 heavy (non-hydrogen) atoms. The fourth-order valence-corrected chi connectivity index (χ4v) is 2.02. The van der Waals surface area contributed by atoms with E-state index in [4.69, 9.17) is 4.74 Å². The van der Waals surface area contributed by atoms with Crippen LogP contribution in [0.15, 0.2) is 54.6 Å². The summed E-state index contributed by atoms with van der Waals surface area (Å²) in [6, 6.07) is 14.6. The van der Waals surface area contributed by atoms with E-state index in [1.807, 2.05) is 43.3 Å². The molecular formula is C19H20FNO2. The second-order valence-corrected chi connectivity index (χ2v) is 5.25. The lowest BCUT2D eigenvalue weighted by molar-refractivity contribution is 0.104. The van der Waals surface area contributed by atoms with Crippen LogP contribution in [0.25, 0.3) is 6.08 Å². The molecule has 0 aliphatic rings. The molecule has 120 valence electrons. The molecule has 2 aromatic rings. The largest absolute Gasteiger partial charge is 0.491 e. The van der Waals surface area contributed by atoms with E-state index in [1.165, 1.54) is 0 Å². The zero-order valence-electron chi connectivity index (χ0n) is 13.3. The van der Waals surface area contributed by atoms with Gasteiger partial charge in [-0.15, -0.1) is 0 Å². The summed E-state index contributed by atoms with van der Waals surface area (Å²) in [5.41, 5.74) is 2.64. The normalized spacial score (nSPS) is 10.7. The average molecular weight is 312 g/mol. The minimum Gasteiger partial charge on any atom is -0.491 e. The maximum absolute atomic E-state index is 12.1. The molecule has 0 heterocycles. The van der Waals surface area contributed by atoms with Gasteiger partial charge in [0.05, 0.1) is 0 Å². The van der Waals surface area contributed by atoms with Crippen LogP contribution in [0, 0.1) is 0 Å². The van der Waals surface area contributed by atoms with Crippen LogP contribution in [-0.2, 0) is 0 Å². The van der Waals surface area contributed by atoms with Gasteiger partial charge in [0.1, 0.15) is 19.0 Å². The molecule has 0 aliphatic heterocycles. The Morgan fingerprint density at radius 1 is 1.09 bits per heavy atom. The van der Waals surface area contributed by atoms with Crippen LogP contribution in [0.4, 0.5) is 10.1 Å². The van der Waals surface area contributed by atoms with Crippen molar-refractivity contribution in [2.24, 2.45) is 0 Å². The zero-order valence-corrected chi connectivity index (χ0v) is 13.3. The number of hydrogen-bond donors (Lipinski definition) is 0. The van der Waals surface area contributed by atoms with Crippen molar-refractivity contribution in [2.45, 2.75) is 0 Å². The third kappa shape index (κ3) is 4.95. The summed E-state index contributed by atoms with van der Waals surface area (Å²) in [7, 11) is 3.96. The Kier molecular flexibility index (Phi) is 5.92. The Bertz CT molecular complexity index is 661. The molecule has 0 atom stereocenters. The van der Waals surface area contributed by atoms with Crippen molar-refractivity contribution in [3.05, 3.63) is 65.7 Å². The van der Waals surface area contributed by atoms with Crippen LogP contribution in [0.2, 0.25) is 0 Å². The Balaban J connectivity index is 2.00. The first-order valence-electron chi connectivity index (χ1n) is 7.39. The molecule has 0 N–H and O–H groups in total. The first-order chi connectivity index (χ1) is 11.1. The SMILES string of the molecule is CN([11CH3])c1ccc(/C=C/C(=O)c2ccc(OCCF)cc2)cc1. The zero-order chi connectivity index (χ0) is 16.7. The Morgan fingerprint density at radius 2 is 1.74 bits per heavy atom. The standard InChI is InChI=1S/C19H20FNO2/c1-21(2)17-8-3-15(4-9-17)5-12-19(22)16-6-10-18(11-7-16)23-14-13-20/h3-12H,13-14H2,1-2H3/b12-5+/i1-1. The maximum Gasteiger partial charge on any atom is 0.185 e. The predicted molar refractivity (Wildman–Crippen MR) is 92.0 cm³/mol. The molecule has 2 aromatic carbocycles. The summed E-state index contributed by atoms with van der Waals surface area (Å²) in [5, 5.41) is 0. The van der Waals surface area contributed by atoms with Crippen LogP contribution in [-0.4, -0.2) is 33.2 Å². The van der Waals surface area contributed by atoms with Crippen molar-refractivity contribution >= 4 is 17.5 Å². The van der Waals surface area contributed by atoms with Crippen LogP contribution >= 0.6 is 0 Å². The number of halogens is 1. The van der Waals surface area contributed by atoms with Gasteiger partial charge in [-0.05, 0) is 48.0 Å². The second kappa shape index (κ2) is 8.13. The van der Waals surface area contributed by atoms with Crippen molar-refractivity contribution in [3.63, 3.8) is 0 Å². The molecule has 0 bridgehead atoms. The van der Waals surface area contributed by atoms with Crippen LogP contribution < -0.4 is 9.64 Å². The maximum atomic E-state index is 12.1. The van der Waals surface area contributed by atoms with Gasteiger partial charge in [-0.2, -0.15) is 0 Å². The van der Waals surface area contributed by atoms with Gasteiger partial charge in [0.2, 0.25) is 0 Å².